The number of aromatic hydroxyl groups is 1. The lowest BCUT2D eigenvalue weighted by molar-refractivity contribution is 0.475. The van der Waals surface area contributed by atoms with E-state index in [0.717, 1.165) is 29.1 Å². The van der Waals surface area contributed by atoms with E-state index in [1.807, 2.05) is 30.6 Å². The Morgan fingerprint density at radius 1 is 1.07 bits per heavy atom. The van der Waals surface area contributed by atoms with Crippen molar-refractivity contribution < 1.29 is 5.11 Å². The molecule has 5 nitrogen and oxygen atoms in total. The highest BCUT2D eigenvalue weighted by molar-refractivity contribution is 6.64. The van der Waals surface area contributed by atoms with Crippen LogP contribution in [0.3, 0.4) is 0 Å². The normalized spacial score (nSPS) is 13.6. The summed E-state index contributed by atoms with van der Waals surface area (Å²) < 4.78 is 2.09. The molecule has 3 heterocycles. The minimum absolute atomic E-state index is 0.00187. The van der Waals surface area contributed by atoms with Gasteiger partial charge >= 0.3 is 6.98 Å². The molecule has 1 N–H and O–H groups in total. The molecule has 28 heavy (non-hydrogen) atoms. The number of phenols is 1. The molecule has 0 radical (unpaired) electrons. The number of benzene rings is 1. The molecular formula is C22H27BN4O. The van der Waals surface area contributed by atoms with Crippen LogP contribution in [0.4, 0.5) is 11.5 Å². The third-order valence-electron chi connectivity index (χ3n) is 5.31. The van der Waals surface area contributed by atoms with Crippen LogP contribution in [0, 0.1) is 5.92 Å². The SMILES string of the molecule is CC(C)CB1N(c2cc(C(C)(C)C)ccn2)c2cc(O)ccc2-c2ccnn21. The average Bonchev–Trinajstić information content (AvgIpc) is 3.10. The smallest absolute Gasteiger partial charge is 0.404 e. The second-order valence-corrected chi connectivity index (χ2v) is 9.00. The number of fused-ring (bicyclic) bond motifs is 3. The molecule has 0 amide bonds. The molecule has 2 aromatic heterocycles. The quantitative estimate of drug-likeness (QED) is 0.649. The minimum atomic E-state index is 0.00187. The molecule has 1 aliphatic rings. The molecular weight excluding hydrogens is 347 g/mol. The van der Waals surface area contributed by atoms with E-state index in [2.05, 4.69) is 61.3 Å². The predicted molar refractivity (Wildman–Crippen MR) is 115 cm³/mol. The molecule has 0 spiro atoms. The summed E-state index contributed by atoms with van der Waals surface area (Å²) in [6.45, 7) is 11.1. The number of hydrogen-bond acceptors (Lipinski definition) is 4. The lowest BCUT2D eigenvalue weighted by atomic mass is 9.63. The molecule has 0 saturated carbocycles. The summed E-state index contributed by atoms with van der Waals surface area (Å²) >= 11 is 0. The van der Waals surface area contributed by atoms with Crippen molar-refractivity contribution in [3.63, 3.8) is 0 Å². The summed E-state index contributed by atoms with van der Waals surface area (Å²) in [6.07, 6.45) is 4.65. The van der Waals surface area contributed by atoms with Crippen LogP contribution in [-0.4, -0.2) is 26.8 Å². The van der Waals surface area contributed by atoms with Gasteiger partial charge in [0.15, 0.2) is 0 Å². The molecule has 0 aliphatic carbocycles. The summed E-state index contributed by atoms with van der Waals surface area (Å²) in [4.78, 5) is 6.95. The molecule has 1 aliphatic heterocycles. The zero-order valence-electron chi connectivity index (χ0n) is 17.2. The van der Waals surface area contributed by atoms with Crippen molar-refractivity contribution in [2.45, 2.75) is 46.4 Å². The van der Waals surface area contributed by atoms with Crippen LogP contribution in [0.25, 0.3) is 11.3 Å². The maximum atomic E-state index is 10.2. The van der Waals surface area contributed by atoms with Crippen molar-refractivity contribution in [2.24, 2.45) is 5.92 Å². The summed E-state index contributed by atoms with van der Waals surface area (Å²) in [6, 6.07) is 11.8. The van der Waals surface area contributed by atoms with Gasteiger partial charge in [0.25, 0.3) is 0 Å². The van der Waals surface area contributed by atoms with Crippen LogP contribution >= 0.6 is 0 Å². The Bertz CT molecular complexity index is 1010. The Hall–Kier alpha value is -2.76. The van der Waals surface area contributed by atoms with Crippen LogP contribution in [0.2, 0.25) is 6.32 Å². The minimum Gasteiger partial charge on any atom is -0.508 e. The van der Waals surface area contributed by atoms with E-state index in [1.54, 1.807) is 6.07 Å². The topological polar surface area (TPSA) is 54.2 Å². The zero-order valence-corrected chi connectivity index (χ0v) is 17.2. The van der Waals surface area contributed by atoms with E-state index >= 15 is 0 Å². The van der Waals surface area contributed by atoms with Gasteiger partial charge in [-0.05, 0) is 53.5 Å². The first-order valence-corrected chi connectivity index (χ1v) is 9.88. The monoisotopic (exact) mass is 374 g/mol. The van der Waals surface area contributed by atoms with Crippen molar-refractivity contribution in [2.75, 3.05) is 4.81 Å². The lowest BCUT2D eigenvalue weighted by Gasteiger charge is -2.37. The summed E-state index contributed by atoms with van der Waals surface area (Å²) in [5.41, 5.74) is 4.35. The Balaban J connectivity index is 1.94. The van der Waals surface area contributed by atoms with Gasteiger partial charge in [-0.15, -0.1) is 0 Å². The molecule has 3 aromatic rings. The fourth-order valence-corrected chi connectivity index (χ4v) is 3.89. The van der Waals surface area contributed by atoms with Gasteiger partial charge in [0.1, 0.15) is 11.6 Å². The van der Waals surface area contributed by atoms with Gasteiger partial charge in [0.05, 0.1) is 5.69 Å². The highest BCUT2D eigenvalue weighted by Crippen LogP contribution is 2.43. The fraction of sp³-hybridized carbons (Fsp3) is 0.364. The van der Waals surface area contributed by atoms with Gasteiger partial charge in [0.2, 0.25) is 0 Å². The Kier molecular flexibility index (Phi) is 4.45. The van der Waals surface area contributed by atoms with Gasteiger partial charge in [-0.1, -0.05) is 34.6 Å². The zero-order chi connectivity index (χ0) is 20.1. The first-order valence-electron chi connectivity index (χ1n) is 9.88. The standard InChI is InChI=1S/C22H27BN4O/c1-15(2)14-23-26(21-12-16(8-10-24-21)22(3,4)5)20-13-17(28)6-7-18(20)19-9-11-25-27(19)23/h6-13,15,28H,14H2,1-5H3. The number of anilines is 2. The second-order valence-electron chi connectivity index (χ2n) is 9.00. The largest absolute Gasteiger partial charge is 0.508 e. The number of nitrogens with zero attached hydrogens (tertiary/aromatic N) is 4. The van der Waals surface area contributed by atoms with E-state index in [0.29, 0.717) is 5.92 Å². The van der Waals surface area contributed by atoms with Gasteiger partial charge in [-0.3, -0.25) is 4.59 Å². The number of aromatic nitrogens is 3. The molecule has 0 atom stereocenters. The Morgan fingerprint density at radius 3 is 2.57 bits per heavy atom. The molecule has 0 fully saturated rings. The Labute approximate surface area is 167 Å². The van der Waals surface area contributed by atoms with Gasteiger partial charge in [0, 0.05) is 29.7 Å². The van der Waals surface area contributed by atoms with Crippen LogP contribution < -0.4 is 4.81 Å². The molecule has 1 aromatic carbocycles. The predicted octanol–water partition coefficient (Wildman–Crippen LogP) is 5.09. The molecule has 6 heteroatoms. The molecule has 0 unspecified atom stereocenters. The first kappa shape index (κ1) is 18.6. The highest BCUT2D eigenvalue weighted by Gasteiger charge is 2.38. The molecule has 144 valence electrons. The molecule has 0 saturated heterocycles. The lowest BCUT2D eigenvalue weighted by Crippen LogP contribution is -2.47. The average molecular weight is 374 g/mol. The maximum Gasteiger partial charge on any atom is 0.404 e. The summed E-state index contributed by atoms with van der Waals surface area (Å²) in [5.74, 6) is 1.62. The van der Waals surface area contributed by atoms with Crippen molar-refractivity contribution in [3.8, 4) is 17.0 Å². The summed E-state index contributed by atoms with van der Waals surface area (Å²) in [5, 5.41) is 14.9. The van der Waals surface area contributed by atoms with Crippen molar-refractivity contribution in [3.05, 3.63) is 54.4 Å². The van der Waals surface area contributed by atoms with E-state index in [9.17, 15) is 5.11 Å². The number of phenolic OH excluding ortho intramolecular Hbond substituents is 1. The number of rotatable bonds is 3. The van der Waals surface area contributed by atoms with Crippen LogP contribution in [0.5, 0.6) is 5.75 Å². The number of pyridine rings is 1. The van der Waals surface area contributed by atoms with E-state index in [1.165, 1.54) is 5.56 Å². The van der Waals surface area contributed by atoms with Gasteiger partial charge in [-0.2, -0.15) is 5.10 Å². The van der Waals surface area contributed by atoms with E-state index < -0.39 is 0 Å². The van der Waals surface area contributed by atoms with Crippen LogP contribution in [0.15, 0.2) is 48.8 Å². The van der Waals surface area contributed by atoms with Crippen LogP contribution in [0.1, 0.15) is 40.2 Å². The van der Waals surface area contributed by atoms with Crippen molar-refractivity contribution in [1.82, 2.24) is 14.7 Å². The first-order chi connectivity index (χ1) is 13.3. The maximum absolute atomic E-state index is 10.2. The number of hydrogen-bond donors (Lipinski definition) is 1. The highest BCUT2D eigenvalue weighted by atomic mass is 16.3. The fourth-order valence-electron chi connectivity index (χ4n) is 3.89. The van der Waals surface area contributed by atoms with Crippen LogP contribution in [-0.2, 0) is 5.41 Å². The summed E-state index contributed by atoms with van der Waals surface area (Å²) in [7, 11) is 0. The van der Waals surface area contributed by atoms with Crippen molar-refractivity contribution in [1.29, 1.82) is 0 Å². The molecule has 4 rings (SSSR count). The second kappa shape index (κ2) is 6.69. The van der Waals surface area contributed by atoms with E-state index in [4.69, 9.17) is 4.98 Å². The van der Waals surface area contributed by atoms with E-state index in [-0.39, 0.29) is 18.1 Å². The third kappa shape index (κ3) is 3.17. The van der Waals surface area contributed by atoms with Gasteiger partial charge in [-0.25, -0.2) is 4.98 Å². The molecule has 0 bridgehead atoms. The third-order valence-corrected chi connectivity index (χ3v) is 5.31. The van der Waals surface area contributed by atoms with Gasteiger partial charge < -0.3 is 9.92 Å². The van der Waals surface area contributed by atoms with Crippen molar-refractivity contribution >= 4 is 18.5 Å². The Morgan fingerprint density at radius 2 is 1.86 bits per heavy atom.